The van der Waals surface area contributed by atoms with Gasteiger partial charge in [0.1, 0.15) is 0 Å². The van der Waals surface area contributed by atoms with Crippen molar-refractivity contribution >= 4 is 12.1 Å². The molecule has 0 unspecified atom stereocenters. The standard InChI is InChI=1S/C9H8N/c1-2-10-8-9-6-4-3-5-7-9/h3-8H,1H2/q+1. The van der Waals surface area contributed by atoms with Gasteiger partial charge in [-0.25, -0.2) is 0 Å². The number of hydrogen-bond donors (Lipinski definition) is 0. The molecule has 0 aromatic heterocycles. The molecule has 0 amide bonds. The van der Waals surface area contributed by atoms with E-state index in [1.807, 2.05) is 30.3 Å². The van der Waals surface area contributed by atoms with Gasteiger partial charge < -0.3 is 0 Å². The molecule has 0 saturated heterocycles. The molecule has 10 heavy (non-hydrogen) atoms. The van der Waals surface area contributed by atoms with Crippen LogP contribution in [0.25, 0.3) is 0 Å². The van der Waals surface area contributed by atoms with Crippen molar-refractivity contribution in [3.63, 3.8) is 0 Å². The van der Waals surface area contributed by atoms with Gasteiger partial charge in [-0.2, -0.15) is 0 Å². The summed E-state index contributed by atoms with van der Waals surface area (Å²) in [4.78, 5) is 0. The predicted molar refractivity (Wildman–Crippen MR) is 44.4 cm³/mol. The summed E-state index contributed by atoms with van der Waals surface area (Å²) >= 11 is 0. The minimum Gasteiger partial charge on any atom is -0.0622 e. The first kappa shape index (κ1) is 6.57. The molecule has 1 rings (SSSR count). The van der Waals surface area contributed by atoms with Gasteiger partial charge in [-0.15, -0.1) is 0 Å². The summed E-state index contributed by atoms with van der Waals surface area (Å²) in [6, 6.07) is 9.84. The van der Waals surface area contributed by atoms with Crippen molar-refractivity contribution in [3.8, 4) is 0 Å². The van der Waals surface area contributed by atoms with Crippen LogP contribution in [0.2, 0.25) is 0 Å². The number of benzene rings is 1. The first-order valence-corrected chi connectivity index (χ1v) is 3.03. The Bertz CT molecular complexity index is 275. The summed E-state index contributed by atoms with van der Waals surface area (Å²) in [5.41, 5.74) is 1.07. The van der Waals surface area contributed by atoms with Crippen molar-refractivity contribution < 1.29 is 0 Å². The third kappa shape index (κ3) is 1.75. The van der Waals surface area contributed by atoms with Crippen molar-refractivity contribution in [2.24, 2.45) is 0 Å². The van der Waals surface area contributed by atoms with Crippen molar-refractivity contribution in [3.05, 3.63) is 42.5 Å². The molecule has 1 aromatic carbocycles. The Hall–Kier alpha value is -1.55. The van der Waals surface area contributed by atoms with Crippen LogP contribution in [0.15, 0.2) is 36.9 Å². The smallest absolute Gasteiger partial charge is 0.0622 e. The topological polar surface area (TPSA) is 14.1 Å². The van der Waals surface area contributed by atoms with Gasteiger partial charge in [-0.3, -0.25) is 0 Å². The van der Waals surface area contributed by atoms with Gasteiger partial charge in [-0.1, -0.05) is 18.2 Å². The third-order valence-electron chi connectivity index (χ3n) is 1.10. The van der Waals surface area contributed by atoms with E-state index in [2.05, 4.69) is 17.1 Å². The van der Waals surface area contributed by atoms with Crippen molar-refractivity contribution in [2.45, 2.75) is 0 Å². The van der Waals surface area contributed by atoms with E-state index in [1.54, 1.807) is 6.21 Å². The average Bonchev–Trinajstić information content (AvgIpc) is 2.03. The maximum atomic E-state index is 3.76. The predicted octanol–water partition coefficient (Wildman–Crippen LogP) is 1.03. The highest BCUT2D eigenvalue weighted by molar-refractivity contribution is 5.80. The number of rotatable bonds is 1. The first-order chi connectivity index (χ1) is 4.93. The average molecular weight is 130 g/mol. The lowest BCUT2D eigenvalue weighted by Crippen LogP contribution is -1.80. The Morgan fingerprint density at radius 1 is 1.30 bits per heavy atom. The van der Waals surface area contributed by atoms with Gasteiger partial charge in [0.05, 0.1) is 5.56 Å². The molecule has 48 valence electrons. The molecule has 1 aromatic rings. The van der Waals surface area contributed by atoms with Crippen molar-refractivity contribution in [1.29, 1.82) is 0 Å². The van der Waals surface area contributed by atoms with E-state index in [1.165, 1.54) is 0 Å². The maximum absolute atomic E-state index is 3.76. The van der Waals surface area contributed by atoms with Crippen LogP contribution in [-0.4, -0.2) is 12.1 Å². The minimum atomic E-state index is 1.07. The van der Waals surface area contributed by atoms with Gasteiger partial charge >= 0.3 is 12.1 Å². The fourth-order valence-electron chi connectivity index (χ4n) is 0.659. The molecule has 0 atom stereocenters. The van der Waals surface area contributed by atoms with E-state index in [-0.39, 0.29) is 0 Å². The van der Waals surface area contributed by atoms with Gasteiger partial charge in [-0.05, 0) is 16.8 Å². The molecule has 0 aliphatic carbocycles. The summed E-state index contributed by atoms with van der Waals surface area (Å²) in [7, 11) is 0. The molecule has 0 bridgehead atoms. The van der Waals surface area contributed by atoms with Crippen LogP contribution in [0.1, 0.15) is 5.56 Å². The fourth-order valence-corrected chi connectivity index (χ4v) is 0.659. The molecule has 0 N–H and O–H groups in total. The van der Waals surface area contributed by atoms with Gasteiger partial charge in [0.15, 0.2) is 0 Å². The summed E-state index contributed by atoms with van der Waals surface area (Å²) in [6.45, 7) is 3.35. The zero-order chi connectivity index (χ0) is 7.23. The molecule has 0 fully saturated rings. The molecule has 0 spiro atoms. The summed E-state index contributed by atoms with van der Waals surface area (Å²) in [5, 5.41) is 0. The number of nitrogens with zero attached hydrogens (tertiary/aromatic N) is 1. The quantitative estimate of drug-likeness (QED) is 0.398. The van der Waals surface area contributed by atoms with Crippen LogP contribution in [0.5, 0.6) is 0 Å². The van der Waals surface area contributed by atoms with E-state index < -0.39 is 0 Å². The van der Waals surface area contributed by atoms with Crippen molar-refractivity contribution in [1.82, 2.24) is 4.67 Å². The molecule has 1 nitrogen and oxygen atoms in total. The Kier molecular flexibility index (Phi) is 2.28. The molecule has 0 saturated carbocycles. The van der Waals surface area contributed by atoms with Crippen molar-refractivity contribution in [2.75, 3.05) is 0 Å². The largest absolute Gasteiger partial charge is 0.313 e. The molecule has 0 aliphatic heterocycles. The highest BCUT2D eigenvalue weighted by atomic mass is 14.5. The Morgan fingerprint density at radius 2 is 2.00 bits per heavy atom. The van der Waals surface area contributed by atoms with Crippen LogP contribution in [-0.2, 0) is 0 Å². The molecule has 0 aliphatic rings. The highest BCUT2D eigenvalue weighted by Crippen LogP contribution is 1.91. The van der Waals surface area contributed by atoms with E-state index >= 15 is 0 Å². The zero-order valence-corrected chi connectivity index (χ0v) is 5.62. The summed E-state index contributed by atoms with van der Waals surface area (Å²) in [6.07, 6.45) is 1.72. The van der Waals surface area contributed by atoms with Gasteiger partial charge in [0.2, 0.25) is 0 Å². The maximum Gasteiger partial charge on any atom is 0.313 e. The molecular weight excluding hydrogens is 122 g/mol. The Balaban J connectivity index is 2.97. The van der Waals surface area contributed by atoms with Gasteiger partial charge in [0, 0.05) is 6.58 Å². The second-order valence-electron chi connectivity index (χ2n) is 1.83. The zero-order valence-electron chi connectivity index (χ0n) is 5.62. The van der Waals surface area contributed by atoms with Crippen LogP contribution < -0.4 is 4.67 Å². The van der Waals surface area contributed by atoms with Gasteiger partial charge in [0.25, 0.3) is 0 Å². The van der Waals surface area contributed by atoms with Crippen LogP contribution in [0.4, 0.5) is 0 Å². The van der Waals surface area contributed by atoms with Crippen LogP contribution >= 0.6 is 0 Å². The summed E-state index contributed by atoms with van der Waals surface area (Å²) in [5.74, 6) is 2.44. The van der Waals surface area contributed by atoms with E-state index in [9.17, 15) is 0 Å². The van der Waals surface area contributed by atoms with E-state index in [0.717, 1.165) is 5.56 Å². The highest BCUT2D eigenvalue weighted by Gasteiger charge is 1.86. The Morgan fingerprint density at radius 3 is 2.60 bits per heavy atom. The molecule has 0 radical (unpaired) electrons. The molecular formula is C9H8N+. The SMILES string of the molecule is C=C=[N+]=Cc1ccccc1. The fraction of sp³-hybridized carbons (Fsp3) is 0. The van der Waals surface area contributed by atoms with E-state index in [0.29, 0.717) is 0 Å². The second kappa shape index (κ2) is 3.47. The Labute approximate surface area is 60.1 Å². The minimum absolute atomic E-state index is 1.07. The monoisotopic (exact) mass is 130 g/mol. The molecule has 0 heterocycles. The lowest BCUT2D eigenvalue weighted by atomic mass is 10.2. The lowest BCUT2D eigenvalue weighted by molar-refractivity contribution is 1.64. The molecule has 1 heteroatoms. The second-order valence-corrected chi connectivity index (χ2v) is 1.83. The first-order valence-electron chi connectivity index (χ1n) is 3.03. The lowest BCUT2D eigenvalue weighted by Gasteiger charge is -1.79. The van der Waals surface area contributed by atoms with Crippen LogP contribution in [0, 0.1) is 0 Å². The number of hydrogen-bond acceptors (Lipinski definition) is 0. The summed E-state index contributed by atoms with van der Waals surface area (Å²) < 4.78 is 3.76. The normalized spacial score (nSPS) is 7.60. The van der Waals surface area contributed by atoms with Crippen LogP contribution in [0.3, 0.4) is 0 Å². The third-order valence-corrected chi connectivity index (χ3v) is 1.10. The van der Waals surface area contributed by atoms with E-state index in [4.69, 9.17) is 0 Å².